The fourth-order valence-electron chi connectivity index (χ4n) is 8.28. The van der Waals surface area contributed by atoms with Gasteiger partial charge in [-0.05, 0) is 77.0 Å². The van der Waals surface area contributed by atoms with Gasteiger partial charge in [0.05, 0.1) is 0 Å². The Morgan fingerprint density at radius 2 is 0.591 bits per heavy atom. The third kappa shape index (κ3) is 52.3. The van der Waals surface area contributed by atoms with E-state index in [1.54, 1.807) is 0 Å². The van der Waals surface area contributed by atoms with E-state index in [2.05, 4.69) is 69.4 Å². The zero-order valence-electron chi connectivity index (χ0n) is 44.0. The molecule has 0 aliphatic carbocycles. The van der Waals surface area contributed by atoms with E-state index in [0.717, 1.165) is 89.9 Å². The van der Waals surface area contributed by atoms with Crippen LogP contribution in [0.5, 0.6) is 0 Å². The largest absolute Gasteiger partial charge is 0.462 e. The average molecular weight is 926 g/mol. The normalized spacial score (nSPS) is 12.3. The van der Waals surface area contributed by atoms with E-state index in [1.807, 2.05) is 0 Å². The molecule has 0 bridgehead atoms. The minimum Gasteiger partial charge on any atom is -0.462 e. The first kappa shape index (κ1) is 63.4. The van der Waals surface area contributed by atoms with Gasteiger partial charge in [0.1, 0.15) is 13.2 Å². The first-order valence-electron chi connectivity index (χ1n) is 28.6. The number of hydrogen-bond donors (Lipinski definition) is 0. The van der Waals surface area contributed by atoms with Gasteiger partial charge in [-0.25, -0.2) is 0 Å². The van der Waals surface area contributed by atoms with Crippen LogP contribution in [-0.2, 0) is 28.6 Å². The maximum atomic E-state index is 12.8. The van der Waals surface area contributed by atoms with Crippen LogP contribution in [0.1, 0.15) is 297 Å². The van der Waals surface area contributed by atoms with Gasteiger partial charge >= 0.3 is 17.9 Å². The van der Waals surface area contributed by atoms with Crippen molar-refractivity contribution in [3.8, 4) is 0 Å². The van der Waals surface area contributed by atoms with Crippen LogP contribution in [-0.4, -0.2) is 37.2 Å². The molecule has 66 heavy (non-hydrogen) atoms. The van der Waals surface area contributed by atoms with Crippen molar-refractivity contribution in [2.75, 3.05) is 13.2 Å². The van der Waals surface area contributed by atoms with Crippen LogP contribution < -0.4 is 0 Å². The molecule has 0 radical (unpaired) electrons. The van der Waals surface area contributed by atoms with Crippen molar-refractivity contribution in [1.82, 2.24) is 0 Å². The lowest BCUT2D eigenvalue weighted by Crippen LogP contribution is -2.30. The van der Waals surface area contributed by atoms with Gasteiger partial charge in [-0.3, -0.25) is 14.4 Å². The molecule has 0 spiro atoms. The molecule has 384 valence electrons. The summed E-state index contributed by atoms with van der Waals surface area (Å²) in [5, 5.41) is 0. The van der Waals surface area contributed by atoms with Gasteiger partial charge in [-0.15, -0.1) is 0 Å². The molecule has 0 fully saturated rings. The second-order valence-electron chi connectivity index (χ2n) is 19.2. The second kappa shape index (κ2) is 55.0. The summed E-state index contributed by atoms with van der Waals surface area (Å²) in [7, 11) is 0. The molecule has 0 saturated carbocycles. The standard InChI is InChI=1S/C60H108O6/c1-4-7-10-13-16-19-22-25-28-31-34-37-40-43-46-49-52-58(61)64-55-57(66-60(63)54-51-48-45-42-39-36-33-30-27-24-21-18-15-12-9-6-3)56-65-59(62)53-50-47-44-41-38-35-32-29-26-23-20-17-14-11-8-5-2/h7,10,16,19,25,28,30,33,57H,4-6,8-9,11-15,17-18,20-24,26-27,29,31-32,34-56H2,1-3H3/b10-7-,19-16-,28-25-,33-30-. The maximum Gasteiger partial charge on any atom is 0.306 e. The molecule has 0 heterocycles. The summed E-state index contributed by atoms with van der Waals surface area (Å²) in [5.41, 5.74) is 0. The summed E-state index contributed by atoms with van der Waals surface area (Å²) in [6, 6.07) is 0. The van der Waals surface area contributed by atoms with Gasteiger partial charge in [-0.2, -0.15) is 0 Å². The van der Waals surface area contributed by atoms with Gasteiger partial charge in [0.25, 0.3) is 0 Å². The van der Waals surface area contributed by atoms with Gasteiger partial charge in [0.2, 0.25) is 0 Å². The van der Waals surface area contributed by atoms with Crippen molar-refractivity contribution >= 4 is 17.9 Å². The zero-order chi connectivity index (χ0) is 47.9. The van der Waals surface area contributed by atoms with E-state index in [-0.39, 0.29) is 31.1 Å². The van der Waals surface area contributed by atoms with Crippen LogP contribution >= 0.6 is 0 Å². The summed E-state index contributed by atoms with van der Waals surface area (Å²) >= 11 is 0. The van der Waals surface area contributed by atoms with Crippen LogP contribution in [0, 0.1) is 0 Å². The Bertz CT molecular complexity index is 1150. The average Bonchev–Trinajstić information content (AvgIpc) is 3.31. The van der Waals surface area contributed by atoms with E-state index in [9.17, 15) is 14.4 Å². The van der Waals surface area contributed by atoms with Crippen LogP contribution in [0.15, 0.2) is 48.6 Å². The predicted octanol–water partition coefficient (Wildman–Crippen LogP) is 19.0. The number of allylic oxidation sites excluding steroid dienone is 8. The molecule has 6 heteroatoms. The topological polar surface area (TPSA) is 78.9 Å². The van der Waals surface area contributed by atoms with Crippen molar-refractivity contribution < 1.29 is 28.6 Å². The van der Waals surface area contributed by atoms with Crippen molar-refractivity contribution in [2.45, 2.75) is 303 Å². The predicted molar refractivity (Wildman–Crippen MR) is 284 cm³/mol. The molecule has 0 aliphatic rings. The second-order valence-corrected chi connectivity index (χ2v) is 19.2. The Kier molecular flexibility index (Phi) is 52.8. The number of hydrogen-bond acceptors (Lipinski definition) is 6. The Hall–Kier alpha value is -2.63. The van der Waals surface area contributed by atoms with E-state index < -0.39 is 6.10 Å². The summed E-state index contributed by atoms with van der Waals surface area (Å²) in [5.74, 6) is -0.885. The third-order valence-electron chi connectivity index (χ3n) is 12.6. The maximum absolute atomic E-state index is 12.8. The lowest BCUT2D eigenvalue weighted by atomic mass is 10.0. The highest BCUT2D eigenvalue weighted by molar-refractivity contribution is 5.71. The fraction of sp³-hybridized carbons (Fsp3) is 0.817. The first-order chi connectivity index (χ1) is 32.5. The number of unbranched alkanes of at least 4 members (excludes halogenated alkanes) is 33. The Morgan fingerprint density at radius 1 is 0.318 bits per heavy atom. The summed E-state index contributed by atoms with van der Waals surface area (Å²) in [4.78, 5) is 38.1. The molecule has 1 atom stereocenters. The molecule has 6 nitrogen and oxygen atoms in total. The molecule has 0 aromatic rings. The fourth-order valence-corrected chi connectivity index (χ4v) is 8.28. The van der Waals surface area contributed by atoms with Crippen LogP contribution in [0.4, 0.5) is 0 Å². The Morgan fingerprint density at radius 3 is 0.939 bits per heavy atom. The molecule has 0 amide bonds. The number of ether oxygens (including phenoxy) is 3. The molecular weight excluding hydrogens is 817 g/mol. The van der Waals surface area contributed by atoms with Crippen molar-refractivity contribution in [3.63, 3.8) is 0 Å². The first-order valence-corrected chi connectivity index (χ1v) is 28.6. The van der Waals surface area contributed by atoms with Crippen LogP contribution in [0.2, 0.25) is 0 Å². The molecule has 0 aromatic heterocycles. The van der Waals surface area contributed by atoms with E-state index in [0.29, 0.717) is 19.3 Å². The smallest absolute Gasteiger partial charge is 0.306 e. The third-order valence-corrected chi connectivity index (χ3v) is 12.6. The Labute approximate surface area is 409 Å². The zero-order valence-corrected chi connectivity index (χ0v) is 44.0. The van der Waals surface area contributed by atoms with Crippen LogP contribution in [0.3, 0.4) is 0 Å². The Balaban J connectivity index is 4.38. The summed E-state index contributed by atoms with van der Waals surface area (Å²) < 4.78 is 16.9. The molecule has 0 saturated heterocycles. The number of carbonyl (C=O) groups excluding carboxylic acids is 3. The molecule has 0 aliphatic heterocycles. The lowest BCUT2D eigenvalue weighted by molar-refractivity contribution is -0.167. The van der Waals surface area contributed by atoms with Gasteiger partial charge in [-0.1, -0.05) is 249 Å². The highest BCUT2D eigenvalue weighted by Gasteiger charge is 2.19. The lowest BCUT2D eigenvalue weighted by Gasteiger charge is -2.18. The van der Waals surface area contributed by atoms with Gasteiger partial charge in [0.15, 0.2) is 6.10 Å². The number of carbonyl (C=O) groups is 3. The van der Waals surface area contributed by atoms with Crippen molar-refractivity contribution in [2.24, 2.45) is 0 Å². The summed E-state index contributed by atoms with van der Waals surface area (Å²) in [6.45, 7) is 6.54. The number of esters is 3. The molecular formula is C60H108O6. The number of rotatable bonds is 52. The van der Waals surface area contributed by atoms with E-state index >= 15 is 0 Å². The molecule has 0 N–H and O–H groups in total. The minimum atomic E-state index is -0.780. The van der Waals surface area contributed by atoms with E-state index in [1.165, 1.54) is 167 Å². The highest BCUT2D eigenvalue weighted by Crippen LogP contribution is 2.16. The van der Waals surface area contributed by atoms with Gasteiger partial charge < -0.3 is 14.2 Å². The van der Waals surface area contributed by atoms with Crippen LogP contribution in [0.25, 0.3) is 0 Å². The SMILES string of the molecule is CC/C=C\C/C=C\C/C=C\CCCCCCCCC(=O)OCC(COC(=O)CCCCCCCCCCCCCCCCCC)OC(=O)CCCCCCC/C=C\CCCCCCCCC. The van der Waals surface area contributed by atoms with Gasteiger partial charge in [0, 0.05) is 19.3 Å². The molecule has 1 unspecified atom stereocenters. The summed E-state index contributed by atoms with van der Waals surface area (Å²) in [6.07, 6.45) is 66.7. The quantitative estimate of drug-likeness (QED) is 0.0262. The van der Waals surface area contributed by atoms with Crippen molar-refractivity contribution in [1.29, 1.82) is 0 Å². The highest BCUT2D eigenvalue weighted by atomic mass is 16.6. The minimum absolute atomic E-state index is 0.0777. The van der Waals surface area contributed by atoms with Crippen molar-refractivity contribution in [3.05, 3.63) is 48.6 Å². The monoisotopic (exact) mass is 925 g/mol. The molecule has 0 rings (SSSR count). The van der Waals surface area contributed by atoms with E-state index in [4.69, 9.17) is 14.2 Å². The molecule has 0 aromatic carbocycles.